The molecule has 1 aliphatic rings. The maximum atomic E-state index is 12.2. The summed E-state index contributed by atoms with van der Waals surface area (Å²) < 4.78 is 15.9. The van der Waals surface area contributed by atoms with E-state index in [2.05, 4.69) is 20.8 Å². The van der Waals surface area contributed by atoms with Crippen LogP contribution < -0.4 is 15.4 Å². The molecule has 1 amide bonds. The fraction of sp³-hybridized carbons (Fsp3) is 0.438. The predicted octanol–water partition coefficient (Wildman–Crippen LogP) is 1.33. The Hall–Kier alpha value is -2.16. The number of carbonyl (C=O) groups excluding carboxylic acids is 1. The standard InChI is InChI=1S/C16H20N4O4.ClH/c1-10(18-15(21)12-9-23-8-7-17-12)16-19-14(20-24-16)11-5-3-4-6-13(11)22-2;/h3-6,10,12,17H,7-9H2,1-2H3,(H,18,21);1H. The topological polar surface area (TPSA) is 98.5 Å². The number of aromatic nitrogens is 2. The summed E-state index contributed by atoms with van der Waals surface area (Å²) in [6.45, 7) is 3.42. The van der Waals surface area contributed by atoms with E-state index < -0.39 is 6.04 Å². The van der Waals surface area contributed by atoms with Crippen LogP contribution in [0.2, 0.25) is 0 Å². The van der Waals surface area contributed by atoms with E-state index in [1.165, 1.54) is 0 Å². The molecule has 1 saturated heterocycles. The van der Waals surface area contributed by atoms with Gasteiger partial charge in [0.1, 0.15) is 17.8 Å². The van der Waals surface area contributed by atoms with Gasteiger partial charge in [-0.1, -0.05) is 17.3 Å². The number of halogens is 1. The van der Waals surface area contributed by atoms with E-state index in [1.54, 1.807) is 14.0 Å². The highest BCUT2D eigenvalue weighted by molar-refractivity contribution is 5.85. The van der Waals surface area contributed by atoms with Gasteiger partial charge in [-0.3, -0.25) is 4.79 Å². The minimum absolute atomic E-state index is 0. The normalized spacial score (nSPS) is 18.1. The van der Waals surface area contributed by atoms with Crippen molar-refractivity contribution < 1.29 is 18.8 Å². The average molecular weight is 369 g/mol. The largest absolute Gasteiger partial charge is 0.496 e. The Morgan fingerprint density at radius 1 is 1.44 bits per heavy atom. The lowest BCUT2D eigenvalue weighted by molar-refractivity contribution is -0.126. The second kappa shape index (κ2) is 8.80. The number of ether oxygens (including phenoxy) is 2. The van der Waals surface area contributed by atoms with Crippen molar-refractivity contribution in [3.05, 3.63) is 30.2 Å². The number of rotatable bonds is 5. The Morgan fingerprint density at radius 2 is 2.24 bits per heavy atom. The van der Waals surface area contributed by atoms with Crippen LogP contribution in [0, 0.1) is 0 Å². The van der Waals surface area contributed by atoms with Gasteiger partial charge in [-0.05, 0) is 19.1 Å². The van der Waals surface area contributed by atoms with Crippen LogP contribution in [0.1, 0.15) is 18.9 Å². The van der Waals surface area contributed by atoms with Gasteiger partial charge in [0.15, 0.2) is 0 Å². The lowest BCUT2D eigenvalue weighted by Crippen LogP contribution is -2.51. The zero-order valence-electron chi connectivity index (χ0n) is 14.0. The Kier molecular flexibility index (Phi) is 6.74. The summed E-state index contributed by atoms with van der Waals surface area (Å²) >= 11 is 0. The molecule has 136 valence electrons. The summed E-state index contributed by atoms with van der Waals surface area (Å²) in [5, 5.41) is 9.93. The first-order valence-electron chi connectivity index (χ1n) is 7.77. The quantitative estimate of drug-likeness (QED) is 0.821. The Morgan fingerprint density at radius 3 is 2.96 bits per heavy atom. The van der Waals surface area contributed by atoms with Crippen LogP contribution in [-0.2, 0) is 9.53 Å². The molecule has 0 aliphatic carbocycles. The van der Waals surface area contributed by atoms with Crippen LogP contribution in [-0.4, -0.2) is 49.0 Å². The van der Waals surface area contributed by atoms with Crippen LogP contribution in [0.25, 0.3) is 11.4 Å². The smallest absolute Gasteiger partial charge is 0.249 e. The number of benzene rings is 1. The van der Waals surface area contributed by atoms with Crippen LogP contribution >= 0.6 is 12.4 Å². The van der Waals surface area contributed by atoms with Gasteiger partial charge in [-0.2, -0.15) is 4.98 Å². The van der Waals surface area contributed by atoms with Gasteiger partial charge >= 0.3 is 0 Å². The van der Waals surface area contributed by atoms with Gasteiger partial charge < -0.3 is 24.6 Å². The van der Waals surface area contributed by atoms with Crippen molar-refractivity contribution in [3.8, 4) is 17.1 Å². The summed E-state index contributed by atoms with van der Waals surface area (Å²) in [5.74, 6) is 1.26. The molecule has 2 atom stereocenters. The molecule has 3 rings (SSSR count). The summed E-state index contributed by atoms with van der Waals surface area (Å²) in [4.78, 5) is 16.6. The monoisotopic (exact) mass is 368 g/mol. The van der Waals surface area contributed by atoms with Crippen LogP contribution in [0.15, 0.2) is 28.8 Å². The highest BCUT2D eigenvalue weighted by Crippen LogP contribution is 2.27. The van der Waals surface area contributed by atoms with Crippen molar-refractivity contribution in [2.45, 2.75) is 19.0 Å². The number of methoxy groups -OCH3 is 1. The molecule has 8 nitrogen and oxygen atoms in total. The molecule has 0 spiro atoms. The van der Waals surface area contributed by atoms with Gasteiger partial charge in [0.25, 0.3) is 0 Å². The Bertz CT molecular complexity index is 703. The highest BCUT2D eigenvalue weighted by atomic mass is 35.5. The zero-order chi connectivity index (χ0) is 16.9. The van der Waals surface area contributed by atoms with Crippen LogP contribution in [0.4, 0.5) is 0 Å². The van der Waals surface area contributed by atoms with Crippen molar-refractivity contribution >= 4 is 18.3 Å². The molecule has 25 heavy (non-hydrogen) atoms. The van der Waals surface area contributed by atoms with E-state index in [9.17, 15) is 4.79 Å². The van der Waals surface area contributed by atoms with E-state index >= 15 is 0 Å². The molecule has 1 aromatic carbocycles. The number of para-hydroxylation sites is 1. The molecule has 2 heterocycles. The van der Waals surface area contributed by atoms with Gasteiger partial charge in [0, 0.05) is 6.54 Å². The van der Waals surface area contributed by atoms with E-state index in [1.807, 2.05) is 24.3 Å². The first-order chi connectivity index (χ1) is 11.7. The number of amides is 1. The molecule has 9 heteroatoms. The maximum absolute atomic E-state index is 12.2. The molecule has 2 aromatic rings. The summed E-state index contributed by atoms with van der Waals surface area (Å²) in [6.07, 6.45) is 0. The molecule has 2 unspecified atom stereocenters. The number of nitrogens with zero attached hydrogens (tertiary/aromatic N) is 2. The van der Waals surface area contributed by atoms with Crippen molar-refractivity contribution in [3.63, 3.8) is 0 Å². The third-order valence-corrected chi connectivity index (χ3v) is 3.76. The second-order valence-electron chi connectivity index (χ2n) is 5.47. The molecule has 0 radical (unpaired) electrons. The molecule has 1 aliphatic heterocycles. The van der Waals surface area contributed by atoms with Gasteiger partial charge in [0.2, 0.25) is 17.6 Å². The number of hydrogen-bond donors (Lipinski definition) is 2. The van der Waals surface area contributed by atoms with Gasteiger partial charge in [-0.25, -0.2) is 0 Å². The third-order valence-electron chi connectivity index (χ3n) is 3.76. The number of carbonyl (C=O) groups is 1. The van der Waals surface area contributed by atoms with Gasteiger partial charge in [-0.15, -0.1) is 12.4 Å². The summed E-state index contributed by atoms with van der Waals surface area (Å²) in [5.41, 5.74) is 0.732. The van der Waals surface area contributed by atoms with E-state index in [4.69, 9.17) is 14.0 Å². The van der Waals surface area contributed by atoms with Crippen molar-refractivity contribution in [2.24, 2.45) is 0 Å². The summed E-state index contributed by atoms with van der Waals surface area (Å²) in [7, 11) is 1.59. The minimum atomic E-state index is -0.405. The van der Waals surface area contributed by atoms with Crippen molar-refractivity contribution in [1.82, 2.24) is 20.8 Å². The molecule has 1 fully saturated rings. The van der Waals surface area contributed by atoms with Crippen molar-refractivity contribution in [2.75, 3.05) is 26.9 Å². The Balaban J connectivity index is 0.00000225. The molecular weight excluding hydrogens is 348 g/mol. The summed E-state index contributed by atoms with van der Waals surface area (Å²) in [6, 6.07) is 6.64. The second-order valence-corrected chi connectivity index (χ2v) is 5.47. The minimum Gasteiger partial charge on any atom is -0.496 e. The Labute approximate surface area is 151 Å². The lowest BCUT2D eigenvalue weighted by atomic mass is 10.2. The fourth-order valence-corrected chi connectivity index (χ4v) is 2.46. The maximum Gasteiger partial charge on any atom is 0.249 e. The number of nitrogens with one attached hydrogen (secondary N) is 2. The number of hydrogen-bond acceptors (Lipinski definition) is 7. The zero-order valence-corrected chi connectivity index (χ0v) is 14.8. The third kappa shape index (κ3) is 4.47. The van der Waals surface area contributed by atoms with E-state index in [-0.39, 0.29) is 24.4 Å². The van der Waals surface area contributed by atoms with Crippen molar-refractivity contribution in [1.29, 1.82) is 0 Å². The molecular formula is C16H21ClN4O4. The molecule has 0 bridgehead atoms. The van der Waals surface area contributed by atoms with Crippen LogP contribution in [0.3, 0.4) is 0 Å². The van der Waals surface area contributed by atoms with E-state index in [0.29, 0.717) is 37.2 Å². The average Bonchev–Trinajstić information content (AvgIpc) is 3.12. The first kappa shape index (κ1) is 19.2. The molecule has 0 saturated carbocycles. The molecule has 2 N–H and O–H groups in total. The lowest BCUT2D eigenvalue weighted by Gasteiger charge is -2.23. The highest BCUT2D eigenvalue weighted by Gasteiger charge is 2.25. The SMILES string of the molecule is COc1ccccc1-c1noc(C(C)NC(=O)C2COCCN2)n1.Cl. The van der Waals surface area contributed by atoms with Crippen LogP contribution in [0.5, 0.6) is 5.75 Å². The van der Waals surface area contributed by atoms with Gasteiger partial charge in [0.05, 0.1) is 25.9 Å². The van der Waals surface area contributed by atoms with E-state index in [0.717, 1.165) is 5.56 Å². The fourth-order valence-electron chi connectivity index (χ4n) is 2.46. The first-order valence-corrected chi connectivity index (χ1v) is 7.77. The molecule has 1 aromatic heterocycles. The predicted molar refractivity (Wildman–Crippen MR) is 92.7 cm³/mol. The number of morpholine rings is 1.